The second kappa shape index (κ2) is 8.28. The smallest absolute Gasteiger partial charge is 0.272 e. The van der Waals surface area contributed by atoms with Crippen LogP contribution in [-0.2, 0) is 13.0 Å². The van der Waals surface area contributed by atoms with Crippen molar-refractivity contribution < 1.29 is 9.18 Å². The molecule has 0 N–H and O–H groups in total. The molecule has 134 valence electrons. The third-order valence-corrected chi connectivity index (χ3v) is 4.93. The first-order chi connectivity index (χ1) is 12.2. The maximum absolute atomic E-state index is 13.0. The van der Waals surface area contributed by atoms with Crippen LogP contribution in [0, 0.1) is 11.7 Å². The van der Waals surface area contributed by atoms with Gasteiger partial charge in [-0.2, -0.15) is 5.10 Å². The summed E-state index contributed by atoms with van der Waals surface area (Å²) in [4.78, 5) is 14.8. The van der Waals surface area contributed by atoms with Crippen molar-refractivity contribution in [3.05, 3.63) is 53.6 Å². The number of hydrogen-bond acceptors (Lipinski definition) is 2. The van der Waals surface area contributed by atoms with E-state index in [1.165, 1.54) is 12.1 Å². The summed E-state index contributed by atoms with van der Waals surface area (Å²) in [5.74, 6) is 0.407. The maximum atomic E-state index is 13.0. The molecular formula is C20H26FN3O. The number of rotatable bonds is 6. The lowest BCUT2D eigenvalue weighted by Gasteiger charge is -2.33. The van der Waals surface area contributed by atoms with E-state index in [0.717, 1.165) is 57.3 Å². The number of amides is 1. The first kappa shape index (κ1) is 17.6. The zero-order valence-electron chi connectivity index (χ0n) is 14.8. The standard InChI is InChI=1S/C20H26FN3O/c1-2-13-24-19(11-12-22-24)20(25)23-14-3-4-17(15-23)6-5-16-7-9-18(21)10-8-16/h7-12,17H,2-6,13-15H2,1H3/t17-/m1/s1. The molecule has 1 aliphatic heterocycles. The van der Waals surface area contributed by atoms with Crippen LogP contribution in [0.15, 0.2) is 36.5 Å². The molecule has 25 heavy (non-hydrogen) atoms. The largest absolute Gasteiger partial charge is 0.337 e. The highest BCUT2D eigenvalue weighted by Gasteiger charge is 2.26. The van der Waals surface area contributed by atoms with E-state index in [1.807, 2.05) is 27.8 Å². The predicted octanol–water partition coefficient (Wildman–Crippen LogP) is 3.92. The van der Waals surface area contributed by atoms with Crippen molar-refractivity contribution >= 4 is 5.91 Å². The Balaban J connectivity index is 1.57. The van der Waals surface area contributed by atoms with Crippen molar-refractivity contribution in [2.24, 2.45) is 5.92 Å². The van der Waals surface area contributed by atoms with Gasteiger partial charge < -0.3 is 4.90 Å². The normalized spacial score (nSPS) is 17.7. The van der Waals surface area contributed by atoms with Crippen molar-refractivity contribution in [3.63, 3.8) is 0 Å². The molecule has 5 heteroatoms. The summed E-state index contributed by atoms with van der Waals surface area (Å²) in [6.07, 6.45) is 6.83. The number of aromatic nitrogens is 2. The highest BCUT2D eigenvalue weighted by atomic mass is 19.1. The van der Waals surface area contributed by atoms with E-state index < -0.39 is 0 Å². The minimum Gasteiger partial charge on any atom is -0.337 e. The topological polar surface area (TPSA) is 38.1 Å². The van der Waals surface area contributed by atoms with Gasteiger partial charge in [0.2, 0.25) is 0 Å². The van der Waals surface area contributed by atoms with Gasteiger partial charge in [0.25, 0.3) is 5.91 Å². The lowest BCUT2D eigenvalue weighted by atomic mass is 9.91. The maximum Gasteiger partial charge on any atom is 0.272 e. The van der Waals surface area contributed by atoms with E-state index in [0.29, 0.717) is 11.6 Å². The van der Waals surface area contributed by atoms with Crippen LogP contribution in [0.2, 0.25) is 0 Å². The molecule has 0 saturated carbocycles. The summed E-state index contributed by atoms with van der Waals surface area (Å²) in [6, 6.07) is 8.55. The molecule has 4 nitrogen and oxygen atoms in total. The average molecular weight is 343 g/mol. The summed E-state index contributed by atoms with van der Waals surface area (Å²) >= 11 is 0. The Hall–Kier alpha value is -2.17. The summed E-state index contributed by atoms with van der Waals surface area (Å²) in [6.45, 7) is 4.48. The third kappa shape index (κ3) is 4.47. The zero-order chi connectivity index (χ0) is 17.6. The van der Waals surface area contributed by atoms with Crippen molar-refractivity contribution in [2.45, 2.75) is 45.6 Å². The number of likely N-dealkylation sites (tertiary alicyclic amines) is 1. The van der Waals surface area contributed by atoms with Crippen molar-refractivity contribution in [1.82, 2.24) is 14.7 Å². The fourth-order valence-corrected chi connectivity index (χ4v) is 3.57. The second-order valence-electron chi connectivity index (χ2n) is 6.86. The Bertz CT molecular complexity index is 695. The van der Waals surface area contributed by atoms with Gasteiger partial charge in [0, 0.05) is 25.8 Å². The number of hydrogen-bond donors (Lipinski definition) is 0. The minimum atomic E-state index is -0.193. The number of nitrogens with zero attached hydrogens (tertiary/aromatic N) is 3. The Morgan fingerprint density at radius 3 is 2.84 bits per heavy atom. The van der Waals surface area contributed by atoms with Crippen LogP contribution < -0.4 is 0 Å². The lowest BCUT2D eigenvalue weighted by Crippen LogP contribution is -2.41. The van der Waals surface area contributed by atoms with Crippen LogP contribution >= 0.6 is 0 Å². The van der Waals surface area contributed by atoms with Gasteiger partial charge in [0.15, 0.2) is 0 Å². The summed E-state index contributed by atoms with van der Waals surface area (Å²) in [7, 11) is 0. The van der Waals surface area contributed by atoms with E-state index >= 15 is 0 Å². The van der Waals surface area contributed by atoms with Crippen molar-refractivity contribution in [3.8, 4) is 0 Å². The number of piperidine rings is 1. The Labute approximate surface area is 148 Å². The third-order valence-electron chi connectivity index (χ3n) is 4.93. The van der Waals surface area contributed by atoms with Crippen LogP contribution in [0.3, 0.4) is 0 Å². The molecule has 2 aromatic rings. The number of carbonyl (C=O) groups is 1. The van der Waals surface area contributed by atoms with Crippen LogP contribution in [0.1, 0.15) is 48.7 Å². The van der Waals surface area contributed by atoms with Crippen LogP contribution in [0.4, 0.5) is 4.39 Å². The Kier molecular flexibility index (Phi) is 5.84. The van der Waals surface area contributed by atoms with E-state index in [4.69, 9.17) is 0 Å². The number of carbonyl (C=O) groups excluding carboxylic acids is 1. The van der Waals surface area contributed by atoms with Crippen LogP contribution in [0.5, 0.6) is 0 Å². The van der Waals surface area contributed by atoms with Gasteiger partial charge in [0.1, 0.15) is 11.5 Å². The highest BCUT2D eigenvalue weighted by Crippen LogP contribution is 2.23. The molecule has 1 fully saturated rings. The SMILES string of the molecule is CCCn1nccc1C(=O)N1CCC[C@H](CCc2ccc(F)cc2)C1. The van der Waals surface area contributed by atoms with E-state index in [-0.39, 0.29) is 11.7 Å². The Morgan fingerprint density at radius 2 is 2.08 bits per heavy atom. The van der Waals surface area contributed by atoms with Gasteiger partial charge in [-0.25, -0.2) is 4.39 Å². The predicted molar refractivity (Wildman–Crippen MR) is 95.9 cm³/mol. The molecule has 1 amide bonds. The van der Waals surface area contributed by atoms with Gasteiger partial charge in [0.05, 0.1) is 0 Å². The summed E-state index contributed by atoms with van der Waals surface area (Å²) in [5, 5.41) is 4.26. The molecule has 0 aliphatic carbocycles. The molecule has 0 radical (unpaired) electrons. The lowest BCUT2D eigenvalue weighted by molar-refractivity contribution is 0.0655. The number of benzene rings is 1. The fraction of sp³-hybridized carbons (Fsp3) is 0.500. The molecule has 1 saturated heterocycles. The number of aryl methyl sites for hydroxylation is 2. The van der Waals surface area contributed by atoms with E-state index in [2.05, 4.69) is 12.0 Å². The monoisotopic (exact) mass is 343 g/mol. The zero-order valence-corrected chi connectivity index (χ0v) is 14.8. The first-order valence-electron chi connectivity index (χ1n) is 9.23. The van der Waals surface area contributed by atoms with Gasteiger partial charge in [-0.1, -0.05) is 19.1 Å². The Morgan fingerprint density at radius 1 is 1.28 bits per heavy atom. The van der Waals surface area contributed by atoms with Gasteiger partial charge in [-0.3, -0.25) is 9.48 Å². The van der Waals surface area contributed by atoms with Crippen molar-refractivity contribution in [2.75, 3.05) is 13.1 Å². The molecular weight excluding hydrogens is 317 g/mol. The summed E-state index contributed by atoms with van der Waals surface area (Å²) in [5.41, 5.74) is 1.85. The summed E-state index contributed by atoms with van der Waals surface area (Å²) < 4.78 is 14.8. The van der Waals surface area contributed by atoms with E-state index in [9.17, 15) is 9.18 Å². The highest BCUT2D eigenvalue weighted by molar-refractivity contribution is 5.92. The minimum absolute atomic E-state index is 0.0948. The first-order valence-corrected chi connectivity index (χ1v) is 9.23. The quantitative estimate of drug-likeness (QED) is 0.797. The molecule has 1 atom stereocenters. The second-order valence-corrected chi connectivity index (χ2v) is 6.86. The van der Waals surface area contributed by atoms with Crippen LogP contribution in [0.25, 0.3) is 0 Å². The van der Waals surface area contributed by atoms with Gasteiger partial charge in [-0.05, 0) is 61.8 Å². The average Bonchev–Trinajstić information content (AvgIpc) is 3.09. The molecule has 1 aromatic heterocycles. The molecule has 2 heterocycles. The van der Waals surface area contributed by atoms with E-state index in [1.54, 1.807) is 6.20 Å². The van der Waals surface area contributed by atoms with Crippen molar-refractivity contribution in [1.29, 1.82) is 0 Å². The van der Waals surface area contributed by atoms with Crippen LogP contribution in [-0.4, -0.2) is 33.7 Å². The molecule has 1 aromatic carbocycles. The molecule has 0 unspecified atom stereocenters. The number of halogens is 1. The molecule has 1 aliphatic rings. The van der Waals surface area contributed by atoms with Gasteiger partial charge >= 0.3 is 0 Å². The molecule has 0 spiro atoms. The molecule has 3 rings (SSSR count). The van der Waals surface area contributed by atoms with Gasteiger partial charge in [-0.15, -0.1) is 0 Å². The molecule has 0 bridgehead atoms. The fourth-order valence-electron chi connectivity index (χ4n) is 3.57.